The maximum atomic E-state index is 5.95. The first-order valence-corrected chi connectivity index (χ1v) is 6.33. The highest BCUT2D eigenvalue weighted by atomic mass is 35.5. The zero-order chi connectivity index (χ0) is 10.7. The number of hydrogen-bond acceptors (Lipinski definition) is 3. The van der Waals surface area contributed by atoms with Gasteiger partial charge in [0.05, 0.1) is 10.4 Å². The number of nitrogens with one attached hydrogen (secondary N) is 1. The molecule has 1 aromatic heterocycles. The lowest BCUT2D eigenvalue weighted by Crippen LogP contribution is -2.44. The second-order valence-electron chi connectivity index (χ2n) is 3.61. The van der Waals surface area contributed by atoms with Gasteiger partial charge in [0.2, 0.25) is 0 Å². The average Bonchev–Trinajstić information content (AvgIpc) is 2.68. The fourth-order valence-corrected chi connectivity index (χ4v) is 3.09. The Morgan fingerprint density at radius 1 is 1.35 bits per heavy atom. The van der Waals surface area contributed by atoms with E-state index in [1.165, 1.54) is 4.88 Å². The Bertz CT molecular complexity index is 337. The molecule has 1 atom stereocenters. The third-order valence-corrected chi connectivity index (χ3v) is 3.96. The third kappa shape index (κ3) is 4.43. The standard InChI is InChI=1S/C11H15ClN2S.2ClH/c1-2-9(10-3-4-11(12)15-10)14-7-5-13-6-8-14;;/h2-4,9,13H,1,5-8H2;2*1H/t9-;;/m0../s1. The van der Waals surface area contributed by atoms with Gasteiger partial charge in [-0.25, -0.2) is 0 Å². The monoisotopic (exact) mass is 314 g/mol. The van der Waals surface area contributed by atoms with Crippen molar-refractivity contribution in [3.63, 3.8) is 0 Å². The molecule has 0 aromatic carbocycles. The summed E-state index contributed by atoms with van der Waals surface area (Å²) < 4.78 is 0.854. The van der Waals surface area contributed by atoms with Crippen molar-refractivity contribution in [2.24, 2.45) is 0 Å². The molecular formula is C11H17Cl3N2S. The highest BCUT2D eigenvalue weighted by Crippen LogP contribution is 2.31. The molecule has 98 valence electrons. The van der Waals surface area contributed by atoms with Gasteiger partial charge in [-0.1, -0.05) is 17.7 Å². The van der Waals surface area contributed by atoms with E-state index in [2.05, 4.69) is 22.9 Å². The molecule has 1 saturated heterocycles. The molecule has 0 unspecified atom stereocenters. The highest BCUT2D eigenvalue weighted by Gasteiger charge is 2.20. The molecule has 0 radical (unpaired) electrons. The lowest BCUT2D eigenvalue weighted by atomic mass is 10.2. The van der Waals surface area contributed by atoms with Gasteiger partial charge in [0.15, 0.2) is 0 Å². The summed E-state index contributed by atoms with van der Waals surface area (Å²) in [5, 5.41) is 3.35. The van der Waals surface area contributed by atoms with Crippen LogP contribution in [0.3, 0.4) is 0 Å². The fraction of sp³-hybridized carbons (Fsp3) is 0.455. The molecule has 0 aliphatic carbocycles. The molecule has 1 aliphatic rings. The third-order valence-electron chi connectivity index (χ3n) is 2.65. The zero-order valence-electron chi connectivity index (χ0n) is 9.39. The maximum absolute atomic E-state index is 5.95. The van der Waals surface area contributed by atoms with Gasteiger partial charge in [0.1, 0.15) is 0 Å². The lowest BCUT2D eigenvalue weighted by molar-refractivity contribution is 0.206. The van der Waals surface area contributed by atoms with Gasteiger partial charge < -0.3 is 5.32 Å². The number of halogens is 3. The molecule has 17 heavy (non-hydrogen) atoms. The second kappa shape index (κ2) is 8.35. The molecule has 2 heterocycles. The molecule has 0 bridgehead atoms. The van der Waals surface area contributed by atoms with Gasteiger partial charge >= 0.3 is 0 Å². The first-order valence-electron chi connectivity index (χ1n) is 5.14. The van der Waals surface area contributed by atoms with E-state index in [1.54, 1.807) is 11.3 Å². The van der Waals surface area contributed by atoms with Gasteiger partial charge in [-0.2, -0.15) is 0 Å². The van der Waals surface area contributed by atoms with Crippen LogP contribution in [-0.4, -0.2) is 31.1 Å². The molecule has 1 N–H and O–H groups in total. The van der Waals surface area contributed by atoms with Crippen LogP contribution in [-0.2, 0) is 0 Å². The van der Waals surface area contributed by atoms with Gasteiger partial charge in [-0.3, -0.25) is 4.90 Å². The Morgan fingerprint density at radius 3 is 2.47 bits per heavy atom. The largest absolute Gasteiger partial charge is 0.314 e. The Morgan fingerprint density at radius 2 is 2.00 bits per heavy atom. The van der Waals surface area contributed by atoms with Crippen LogP contribution in [0, 0.1) is 0 Å². The highest BCUT2D eigenvalue weighted by molar-refractivity contribution is 7.16. The van der Waals surface area contributed by atoms with Crippen LogP contribution < -0.4 is 5.32 Å². The van der Waals surface area contributed by atoms with Crippen molar-refractivity contribution >= 4 is 47.8 Å². The summed E-state index contributed by atoms with van der Waals surface area (Å²) in [6.45, 7) is 8.19. The van der Waals surface area contributed by atoms with Crippen molar-refractivity contribution in [3.05, 3.63) is 34.0 Å². The Kier molecular flexibility index (Phi) is 8.47. The normalized spacial score (nSPS) is 17.7. The van der Waals surface area contributed by atoms with E-state index in [4.69, 9.17) is 11.6 Å². The van der Waals surface area contributed by atoms with Crippen molar-refractivity contribution in [1.82, 2.24) is 10.2 Å². The first-order chi connectivity index (χ1) is 7.31. The zero-order valence-corrected chi connectivity index (χ0v) is 12.6. The SMILES string of the molecule is C=C[C@@H](c1ccc(Cl)s1)N1CCNCC1.Cl.Cl. The minimum Gasteiger partial charge on any atom is -0.314 e. The summed E-state index contributed by atoms with van der Waals surface area (Å²) >= 11 is 7.60. The van der Waals surface area contributed by atoms with Crippen LogP contribution >= 0.6 is 47.8 Å². The van der Waals surface area contributed by atoms with E-state index in [-0.39, 0.29) is 24.8 Å². The van der Waals surface area contributed by atoms with Crippen molar-refractivity contribution in [2.75, 3.05) is 26.2 Å². The second-order valence-corrected chi connectivity index (χ2v) is 5.36. The Hall–Kier alpha value is 0.230. The van der Waals surface area contributed by atoms with Gasteiger partial charge in [0.25, 0.3) is 0 Å². The number of piperazine rings is 1. The van der Waals surface area contributed by atoms with Crippen molar-refractivity contribution < 1.29 is 0 Å². The van der Waals surface area contributed by atoms with E-state index in [0.717, 1.165) is 30.5 Å². The van der Waals surface area contributed by atoms with Crippen molar-refractivity contribution in [2.45, 2.75) is 6.04 Å². The summed E-state index contributed by atoms with van der Waals surface area (Å²) in [6.07, 6.45) is 2.01. The minimum absolute atomic E-state index is 0. The van der Waals surface area contributed by atoms with Crippen LogP contribution in [0.25, 0.3) is 0 Å². The number of nitrogens with zero attached hydrogens (tertiary/aromatic N) is 1. The number of thiophene rings is 1. The van der Waals surface area contributed by atoms with Gasteiger partial charge in [-0.15, -0.1) is 42.7 Å². The molecule has 0 spiro atoms. The topological polar surface area (TPSA) is 15.3 Å². The molecule has 2 nitrogen and oxygen atoms in total. The van der Waals surface area contributed by atoms with E-state index in [9.17, 15) is 0 Å². The summed E-state index contributed by atoms with van der Waals surface area (Å²) in [6, 6.07) is 4.38. The van der Waals surface area contributed by atoms with Crippen LogP contribution in [0.2, 0.25) is 4.34 Å². The van der Waals surface area contributed by atoms with Crippen LogP contribution in [0.1, 0.15) is 10.9 Å². The summed E-state index contributed by atoms with van der Waals surface area (Å²) in [7, 11) is 0. The summed E-state index contributed by atoms with van der Waals surface area (Å²) in [5.41, 5.74) is 0. The minimum atomic E-state index is 0. The summed E-state index contributed by atoms with van der Waals surface area (Å²) in [5.74, 6) is 0. The first kappa shape index (κ1) is 17.2. The predicted octanol–water partition coefficient (Wildman–Crippen LogP) is 3.38. The number of rotatable bonds is 3. The average molecular weight is 316 g/mol. The van der Waals surface area contributed by atoms with Crippen LogP contribution in [0.4, 0.5) is 0 Å². The van der Waals surface area contributed by atoms with E-state index in [1.807, 2.05) is 12.1 Å². The molecule has 0 saturated carbocycles. The molecule has 6 heteroatoms. The molecule has 2 rings (SSSR count). The smallest absolute Gasteiger partial charge is 0.0931 e. The maximum Gasteiger partial charge on any atom is 0.0931 e. The van der Waals surface area contributed by atoms with Crippen molar-refractivity contribution in [3.8, 4) is 0 Å². The molecule has 1 fully saturated rings. The lowest BCUT2D eigenvalue weighted by Gasteiger charge is -2.32. The quantitative estimate of drug-likeness (QED) is 0.860. The number of hydrogen-bond donors (Lipinski definition) is 1. The fourth-order valence-electron chi connectivity index (χ4n) is 1.89. The molecule has 1 aliphatic heterocycles. The Balaban J connectivity index is 0.00000128. The molecule has 0 amide bonds. The van der Waals surface area contributed by atoms with E-state index in [0.29, 0.717) is 6.04 Å². The molecule has 1 aromatic rings. The van der Waals surface area contributed by atoms with Gasteiger partial charge in [0, 0.05) is 31.1 Å². The predicted molar refractivity (Wildman–Crippen MR) is 81.2 cm³/mol. The Labute approximate surface area is 124 Å². The summed E-state index contributed by atoms with van der Waals surface area (Å²) in [4.78, 5) is 3.72. The molecular weight excluding hydrogens is 299 g/mol. The van der Waals surface area contributed by atoms with E-state index < -0.39 is 0 Å². The van der Waals surface area contributed by atoms with Crippen molar-refractivity contribution in [1.29, 1.82) is 0 Å². The van der Waals surface area contributed by atoms with Crippen LogP contribution in [0.5, 0.6) is 0 Å². The van der Waals surface area contributed by atoms with Crippen LogP contribution in [0.15, 0.2) is 24.8 Å². The van der Waals surface area contributed by atoms with Gasteiger partial charge in [-0.05, 0) is 12.1 Å². The van der Waals surface area contributed by atoms with E-state index >= 15 is 0 Å².